The van der Waals surface area contributed by atoms with Crippen molar-refractivity contribution < 1.29 is 9.53 Å². The van der Waals surface area contributed by atoms with Crippen molar-refractivity contribution in [1.82, 2.24) is 24.1 Å². The van der Waals surface area contributed by atoms with Crippen LogP contribution in [-0.4, -0.2) is 44.3 Å². The number of carbonyl (C=O) groups excluding carboxylic acids is 1. The van der Waals surface area contributed by atoms with Crippen molar-refractivity contribution in [3.8, 4) is 11.3 Å². The maximum atomic E-state index is 12.5. The number of ether oxygens (including phenoxy) is 1. The molecule has 8 heteroatoms. The van der Waals surface area contributed by atoms with Gasteiger partial charge >= 0.3 is 5.97 Å². The number of unbranched alkanes of at least 4 members (excludes halogenated alkanes) is 1. The molecule has 0 unspecified atom stereocenters. The Hall–Kier alpha value is -4.20. The van der Waals surface area contributed by atoms with Crippen LogP contribution in [0.5, 0.6) is 0 Å². The Labute approximate surface area is 203 Å². The molecule has 8 nitrogen and oxygen atoms in total. The van der Waals surface area contributed by atoms with E-state index >= 15 is 0 Å². The molecule has 4 aromatic heterocycles. The third-order valence-corrected chi connectivity index (χ3v) is 6.17. The number of pyridine rings is 1. The van der Waals surface area contributed by atoms with Crippen LogP contribution in [0.4, 0.5) is 5.82 Å². The van der Waals surface area contributed by atoms with Crippen LogP contribution in [0, 0.1) is 0 Å². The first kappa shape index (κ1) is 22.6. The topological polar surface area (TPSA) is 77.5 Å². The molecule has 1 aromatic carbocycles. The zero-order chi connectivity index (χ0) is 24.4. The number of esters is 1. The van der Waals surface area contributed by atoms with Gasteiger partial charge in [-0.25, -0.2) is 14.8 Å². The van der Waals surface area contributed by atoms with E-state index < -0.39 is 5.97 Å². The van der Waals surface area contributed by atoms with Crippen LogP contribution in [0.1, 0.15) is 35.7 Å². The van der Waals surface area contributed by atoms with Gasteiger partial charge < -0.3 is 14.2 Å². The summed E-state index contributed by atoms with van der Waals surface area (Å²) in [5.41, 5.74) is 4.62. The SMILES string of the molecule is CCCCn1cc(-c2cc(N(C)Cc3ccccc3)n3ncc(C(=O)OC)c3n2)c2cccnc21. The van der Waals surface area contributed by atoms with Gasteiger partial charge in [-0.1, -0.05) is 43.7 Å². The van der Waals surface area contributed by atoms with Crippen LogP contribution < -0.4 is 4.90 Å². The summed E-state index contributed by atoms with van der Waals surface area (Å²) in [5.74, 6) is 0.357. The van der Waals surface area contributed by atoms with Gasteiger partial charge in [0.2, 0.25) is 0 Å². The maximum absolute atomic E-state index is 12.5. The van der Waals surface area contributed by atoms with Crippen molar-refractivity contribution >= 4 is 28.5 Å². The van der Waals surface area contributed by atoms with E-state index in [1.807, 2.05) is 43.6 Å². The maximum Gasteiger partial charge on any atom is 0.343 e. The molecule has 178 valence electrons. The fourth-order valence-electron chi connectivity index (χ4n) is 4.37. The lowest BCUT2D eigenvalue weighted by atomic mass is 10.1. The van der Waals surface area contributed by atoms with E-state index in [0.29, 0.717) is 17.8 Å². The van der Waals surface area contributed by atoms with Crippen molar-refractivity contribution in [2.75, 3.05) is 19.1 Å². The van der Waals surface area contributed by atoms with Crippen LogP contribution in [0.2, 0.25) is 0 Å². The van der Waals surface area contributed by atoms with E-state index in [-0.39, 0.29) is 0 Å². The van der Waals surface area contributed by atoms with Crippen molar-refractivity contribution in [2.24, 2.45) is 0 Å². The molecule has 0 bridgehead atoms. The lowest BCUT2D eigenvalue weighted by Crippen LogP contribution is -2.20. The summed E-state index contributed by atoms with van der Waals surface area (Å²) in [5, 5.41) is 5.51. The minimum absolute atomic E-state index is 0.330. The minimum atomic E-state index is -0.464. The number of aromatic nitrogens is 5. The molecule has 0 N–H and O–H groups in total. The molecule has 35 heavy (non-hydrogen) atoms. The first-order valence-corrected chi connectivity index (χ1v) is 11.8. The lowest BCUT2D eigenvalue weighted by Gasteiger charge is -2.21. The summed E-state index contributed by atoms with van der Waals surface area (Å²) in [6.45, 7) is 3.73. The van der Waals surface area contributed by atoms with Crippen molar-refractivity contribution in [3.05, 3.63) is 78.2 Å². The number of carbonyl (C=O) groups is 1. The predicted molar refractivity (Wildman–Crippen MR) is 137 cm³/mol. The second-order valence-electron chi connectivity index (χ2n) is 8.59. The molecule has 0 atom stereocenters. The minimum Gasteiger partial charge on any atom is -0.465 e. The second kappa shape index (κ2) is 9.58. The number of nitrogens with zero attached hydrogens (tertiary/aromatic N) is 6. The number of hydrogen-bond donors (Lipinski definition) is 0. The molecular formula is C27H28N6O2. The lowest BCUT2D eigenvalue weighted by molar-refractivity contribution is 0.0602. The Balaban J connectivity index is 1.70. The number of benzene rings is 1. The standard InChI is InChI=1S/C27H28N6O2/c1-4-5-14-32-18-22(20-12-9-13-28-25(20)32)23-15-24(31(2)17-19-10-7-6-8-11-19)33-26(30-23)21(16-29-33)27(34)35-3/h6-13,15-16,18H,4-5,14,17H2,1-3H3. The van der Waals surface area contributed by atoms with E-state index in [1.165, 1.54) is 18.9 Å². The molecule has 4 heterocycles. The quantitative estimate of drug-likeness (QED) is 0.299. The molecule has 0 saturated carbocycles. The first-order chi connectivity index (χ1) is 17.1. The van der Waals surface area contributed by atoms with Crippen molar-refractivity contribution in [2.45, 2.75) is 32.9 Å². The third-order valence-electron chi connectivity index (χ3n) is 6.17. The number of rotatable bonds is 8. The van der Waals surface area contributed by atoms with Crippen molar-refractivity contribution in [1.29, 1.82) is 0 Å². The van der Waals surface area contributed by atoms with Gasteiger partial charge in [-0.15, -0.1) is 0 Å². The highest BCUT2D eigenvalue weighted by atomic mass is 16.5. The summed E-state index contributed by atoms with van der Waals surface area (Å²) in [6, 6.07) is 16.3. The highest BCUT2D eigenvalue weighted by Crippen LogP contribution is 2.32. The zero-order valence-electron chi connectivity index (χ0n) is 20.2. The normalized spacial score (nSPS) is 11.3. The molecule has 0 aliphatic carbocycles. The summed E-state index contributed by atoms with van der Waals surface area (Å²) in [7, 11) is 3.38. The summed E-state index contributed by atoms with van der Waals surface area (Å²) in [4.78, 5) is 24.1. The molecule has 0 spiro atoms. The number of hydrogen-bond acceptors (Lipinski definition) is 6. The summed E-state index contributed by atoms with van der Waals surface area (Å²) < 4.78 is 8.89. The number of fused-ring (bicyclic) bond motifs is 2. The average molecular weight is 469 g/mol. The van der Waals surface area contributed by atoms with Gasteiger partial charge in [-0.3, -0.25) is 0 Å². The highest BCUT2D eigenvalue weighted by Gasteiger charge is 2.21. The summed E-state index contributed by atoms with van der Waals surface area (Å²) in [6.07, 6.45) is 7.60. The molecule has 5 rings (SSSR count). The largest absolute Gasteiger partial charge is 0.465 e. The fraction of sp³-hybridized carbons (Fsp3) is 0.259. The van der Waals surface area contributed by atoms with Gasteiger partial charge in [-0.2, -0.15) is 9.61 Å². The van der Waals surface area contributed by atoms with Gasteiger partial charge in [-0.05, 0) is 24.1 Å². The Kier molecular flexibility index (Phi) is 6.18. The van der Waals surface area contributed by atoms with E-state index in [9.17, 15) is 4.79 Å². The van der Waals surface area contributed by atoms with Gasteiger partial charge in [0.25, 0.3) is 0 Å². The molecule has 5 aromatic rings. The van der Waals surface area contributed by atoms with E-state index in [4.69, 9.17) is 9.72 Å². The molecular weight excluding hydrogens is 440 g/mol. The monoisotopic (exact) mass is 468 g/mol. The van der Waals surface area contributed by atoms with Gasteiger partial charge in [0.1, 0.15) is 17.0 Å². The van der Waals surface area contributed by atoms with Crippen LogP contribution in [0.25, 0.3) is 27.9 Å². The molecule has 0 aliphatic heterocycles. The Morgan fingerprint density at radius 2 is 1.94 bits per heavy atom. The molecule has 0 amide bonds. The van der Waals surface area contributed by atoms with E-state index in [0.717, 1.165) is 47.5 Å². The van der Waals surface area contributed by atoms with Gasteiger partial charge in [0.05, 0.1) is 19.0 Å². The Morgan fingerprint density at radius 3 is 2.71 bits per heavy atom. The van der Waals surface area contributed by atoms with E-state index in [1.54, 1.807) is 4.52 Å². The van der Waals surface area contributed by atoms with Gasteiger partial charge in [0.15, 0.2) is 5.65 Å². The molecule has 0 saturated heterocycles. The third kappa shape index (κ3) is 4.23. The smallest absolute Gasteiger partial charge is 0.343 e. The van der Waals surface area contributed by atoms with Gasteiger partial charge in [0, 0.05) is 49.5 Å². The molecule has 0 aliphatic rings. The number of methoxy groups -OCH3 is 1. The zero-order valence-corrected chi connectivity index (χ0v) is 20.2. The fourth-order valence-corrected chi connectivity index (χ4v) is 4.37. The van der Waals surface area contributed by atoms with E-state index in [2.05, 4.69) is 50.9 Å². The van der Waals surface area contributed by atoms with Crippen LogP contribution in [0.3, 0.4) is 0 Å². The predicted octanol–water partition coefficient (Wildman–Crippen LogP) is 4.97. The van der Waals surface area contributed by atoms with Crippen molar-refractivity contribution in [3.63, 3.8) is 0 Å². The second-order valence-corrected chi connectivity index (χ2v) is 8.59. The number of anilines is 1. The molecule has 0 fully saturated rings. The Bertz CT molecular complexity index is 1490. The van der Waals surface area contributed by atoms with Crippen LogP contribution in [-0.2, 0) is 17.8 Å². The van der Waals surface area contributed by atoms with Crippen LogP contribution in [0.15, 0.2) is 67.1 Å². The Morgan fingerprint density at radius 1 is 1.11 bits per heavy atom. The average Bonchev–Trinajstić information content (AvgIpc) is 3.49. The highest BCUT2D eigenvalue weighted by molar-refractivity contribution is 5.97. The number of aryl methyl sites for hydroxylation is 1. The molecule has 0 radical (unpaired) electrons. The first-order valence-electron chi connectivity index (χ1n) is 11.8. The van der Waals surface area contributed by atoms with Crippen LogP contribution >= 0.6 is 0 Å². The summed E-state index contributed by atoms with van der Waals surface area (Å²) >= 11 is 0.